The number of allylic oxidation sites excluding steroid dienone is 2. The lowest BCUT2D eigenvalue weighted by atomic mass is 9.58. The number of halogens is 1. The van der Waals surface area contributed by atoms with E-state index in [1.165, 1.54) is 4.90 Å². The van der Waals surface area contributed by atoms with E-state index < -0.39 is 13.0 Å². The first-order chi connectivity index (χ1) is 17.2. The van der Waals surface area contributed by atoms with E-state index >= 15 is 0 Å². The van der Waals surface area contributed by atoms with E-state index in [-0.39, 0.29) is 35.5 Å². The Morgan fingerprint density at radius 3 is 2.81 bits per heavy atom. The van der Waals surface area contributed by atoms with Gasteiger partial charge in [0, 0.05) is 23.3 Å². The molecular formula is C27H28BBrN2O5. The largest absolute Gasteiger partial charge is 0.507 e. The predicted octanol–water partition coefficient (Wildman–Crippen LogP) is 4.32. The zero-order chi connectivity index (χ0) is 25.6. The van der Waals surface area contributed by atoms with Crippen LogP contribution in [0.4, 0.5) is 0 Å². The Morgan fingerprint density at radius 2 is 2.06 bits per heavy atom. The fourth-order valence-corrected chi connectivity index (χ4v) is 6.40. The Balaban J connectivity index is 1.46. The van der Waals surface area contributed by atoms with Crippen LogP contribution in [0.2, 0.25) is 6.32 Å². The number of phenols is 1. The van der Waals surface area contributed by atoms with Crippen molar-refractivity contribution in [1.82, 2.24) is 9.88 Å². The van der Waals surface area contributed by atoms with Crippen molar-refractivity contribution in [2.75, 3.05) is 7.05 Å². The Morgan fingerprint density at radius 1 is 1.25 bits per heavy atom. The zero-order valence-electron chi connectivity index (χ0n) is 20.2. The number of hydrogen-bond donors (Lipinski definition) is 2. The summed E-state index contributed by atoms with van der Waals surface area (Å²) in [5.41, 5.74) is 4.49. The number of aromatic nitrogens is 1. The lowest BCUT2D eigenvalue weighted by Gasteiger charge is -2.42. The maximum Gasteiger partial charge on any atom is 0.455 e. The molecule has 3 heterocycles. The number of rotatable bonds is 5. The van der Waals surface area contributed by atoms with Crippen molar-refractivity contribution in [2.45, 2.75) is 38.6 Å². The van der Waals surface area contributed by atoms with Crippen LogP contribution in [0.1, 0.15) is 37.4 Å². The van der Waals surface area contributed by atoms with Crippen LogP contribution in [0.15, 0.2) is 58.2 Å². The second kappa shape index (κ2) is 9.96. The van der Waals surface area contributed by atoms with Gasteiger partial charge in [0.15, 0.2) is 0 Å². The number of phenolic OH excluding ortho intramolecular Hbond substituents is 1. The van der Waals surface area contributed by atoms with Crippen molar-refractivity contribution in [2.24, 2.45) is 17.8 Å². The molecule has 2 fully saturated rings. The minimum atomic E-state index is -1.000. The van der Waals surface area contributed by atoms with Crippen molar-refractivity contribution in [1.29, 1.82) is 0 Å². The third-order valence-corrected chi connectivity index (χ3v) is 8.15. The molecule has 1 aliphatic carbocycles. The van der Waals surface area contributed by atoms with E-state index in [0.29, 0.717) is 31.1 Å². The molecule has 2 aromatic rings. The molecule has 0 radical (unpaired) electrons. The van der Waals surface area contributed by atoms with E-state index in [4.69, 9.17) is 4.65 Å². The number of aromatic hydroxyl groups is 1. The molecule has 9 heteroatoms. The number of pyridine rings is 1. The Hall–Kier alpha value is -2.75. The lowest BCUT2D eigenvalue weighted by Crippen LogP contribution is -2.45. The highest BCUT2D eigenvalue weighted by molar-refractivity contribution is 9.10. The third kappa shape index (κ3) is 4.55. The standard InChI is InChI=1S/C27H28BBrN2O5/c1-15-11-19-25(27(34)31(2)26(19)33)20-14-28(35)36-23(24(15)20)9-6-16(21-5-3-4-10-30-21)12-17-13-18(29)7-8-22(17)32/h3-5,7-8,10,12-13,19-20,23,25,32,35H,6,9,11,14H2,1-2H3/b16-12-/t19-,20+,23-,25-/m1/s1. The van der Waals surface area contributed by atoms with Crippen molar-refractivity contribution >= 4 is 46.5 Å². The molecule has 0 unspecified atom stereocenters. The van der Waals surface area contributed by atoms with Crippen LogP contribution in [0.3, 0.4) is 0 Å². The first kappa shape index (κ1) is 24.9. The highest BCUT2D eigenvalue weighted by Gasteiger charge is 2.55. The summed E-state index contributed by atoms with van der Waals surface area (Å²) < 4.78 is 6.88. The summed E-state index contributed by atoms with van der Waals surface area (Å²) in [6.07, 6.45) is 5.26. The van der Waals surface area contributed by atoms with E-state index in [9.17, 15) is 19.7 Å². The molecule has 5 rings (SSSR count). The summed E-state index contributed by atoms with van der Waals surface area (Å²) in [5.74, 6) is -1.13. The van der Waals surface area contributed by atoms with Gasteiger partial charge < -0.3 is 14.8 Å². The van der Waals surface area contributed by atoms with Crippen LogP contribution in [0.5, 0.6) is 5.75 Å². The van der Waals surface area contributed by atoms with Gasteiger partial charge in [0.1, 0.15) is 5.75 Å². The molecule has 36 heavy (non-hydrogen) atoms. The summed E-state index contributed by atoms with van der Waals surface area (Å²) in [5, 5.41) is 21.0. The van der Waals surface area contributed by atoms with Crippen molar-refractivity contribution < 1.29 is 24.4 Å². The van der Waals surface area contributed by atoms with Crippen LogP contribution in [-0.2, 0) is 14.2 Å². The summed E-state index contributed by atoms with van der Waals surface area (Å²) in [4.78, 5) is 31.4. The van der Waals surface area contributed by atoms with Gasteiger partial charge in [0.05, 0.1) is 23.6 Å². The minimum absolute atomic E-state index is 0.130. The van der Waals surface area contributed by atoms with Crippen LogP contribution in [-0.4, -0.2) is 52.1 Å². The van der Waals surface area contributed by atoms with E-state index in [1.54, 1.807) is 25.4 Å². The second-order valence-electron chi connectivity index (χ2n) is 9.86. The molecule has 186 valence electrons. The van der Waals surface area contributed by atoms with Crippen LogP contribution in [0, 0.1) is 17.8 Å². The SMILES string of the molecule is CC1=C2[C@@H](CC/C(=C/c3cc(Br)ccc3O)c3ccccn3)OB(O)C[C@@H]2[C@@H]2C(=O)N(C)C(=O)[C@@H]2C1. The number of likely N-dealkylation sites (tertiary alicyclic amines) is 1. The van der Waals surface area contributed by atoms with E-state index in [0.717, 1.165) is 26.9 Å². The molecule has 2 N–H and O–H groups in total. The fraction of sp³-hybridized carbons (Fsp3) is 0.370. The number of fused-ring (bicyclic) bond motifs is 3. The number of nitrogens with zero attached hydrogens (tertiary/aromatic N) is 2. The number of amides is 2. The Kier molecular flexibility index (Phi) is 6.89. The van der Waals surface area contributed by atoms with Crippen LogP contribution < -0.4 is 0 Å². The summed E-state index contributed by atoms with van der Waals surface area (Å²) in [7, 11) is 0.549. The molecule has 7 nitrogen and oxygen atoms in total. The zero-order valence-corrected chi connectivity index (χ0v) is 21.8. The second-order valence-corrected chi connectivity index (χ2v) is 10.8. The average Bonchev–Trinajstić information content (AvgIpc) is 3.07. The quantitative estimate of drug-likeness (QED) is 0.327. The number of carbonyl (C=O) groups excluding carboxylic acids is 2. The molecule has 3 aliphatic rings. The fourth-order valence-electron chi connectivity index (χ4n) is 6.02. The first-order valence-electron chi connectivity index (χ1n) is 12.2. The number of imide groups is 1. The van der Waals surface area contributed by atoms with Crippen molar-refractivity contribution in [3.8, 4) is 5.75 Å². The average molecular weight is 551 g/mol. The minimum Gasteiger partial charge on any atom is -0.507 e. The third-order valence-electron chi connectivity index (χ3n) is 7.66. The van der Waals surface area contributed by atoms with E-state index in [1.807, 2.05) is 37.3 Å². The normalized spacial score (nSPS) is 26.4. The molecule has 2 amide bonds. The molecule has 1 aromatic heterocycles. The molecule has 0 spiro atoms. The van der Waals surface area contributed by atoms with E-state index in [2.05, 4.69) is 20.9 Å². The van der Waals surface area contributed by atoms with Gasteiger partial charge in [-0.3, -0.25) is 19.5 Å². The van der Waals surface area contributed by atoms with Gasteiger partial charge in [-0.05, 0) is 86.0 Å². The molecule has 0 saturated carbocycles. The molecule has 4 atom stereocenters. The highest BCUT2D eigenvalue weighted by Crippen LogP contribution is 2.50. The predicted molar refractivity (Wildman–Crippen MR) is 140 cm³/mol. The molecule has 2 aliphatic heterocycles. The maximum absolute atomic E-state index is 13.0. The molecule has 1 aromatic carbocycles. The first-order valence-corrected chi connectivity index (χ1v) is 13.0. The Labute approximate surface area is 219 Å². The lowest BCUT2D eigenvalue weighted by molar-refractivity contribution is -0.138. The van der Waals surface area contributed by atoms with Crippen molar-refractivity contribution in [3.05, 3.63) is 69.5 Å². The molecule has 2 saturated heterocycles. The summed E-state index contributed by atoms with van der Waals surface area (Å²) in [6, 6.07) is 11.0. The van der Waals surface area contributed by atoms with Crippen LogP contribution in [0.25, 0.3) is 11.6 Å². The maximum atomic E-state index is 13.0. The summed E-state index contributed by atoms with van der Waals surface area (Å²) >= 11 is 3.47. The van der Waals surface area contributed by atoms with Gasteiger partial charge >= 0.3 is 7.12 Å². The molecular weight excluding hydrogens is 523 g/mol. The van der Waals surface area contributed by atoms with Gasteiger partial charge in [-0.25, -0.2) is 0 Å². The monoisotopic (exact) mass is 550 g/mol. The number of hydrogen-bond acceptors (Lipinski definition) is 6. The topological polar surface area (TPSA) is 100.0 Å². The van der Waals surface area contributed by atoms with Gasteiger partial charge in [0.25, 0.3) is 0 Å². The van der Waals surface area contributed by atoms with Crippen molar-refractivity contribution in [3.63, 3.8) is 0 Å². The highest BCUT2D eigenvalue weighted by atomic mass is 79.9. The van der Waals surface area contributed by atoms with Crippen LogP contribution >= 0.6 is 15.9 Å². The van der Waals surface area contributed by atoms with Gasteiger partial charge in [-0.15, -0.1) is 0 Å². The number of benzene rings is 1. The molecule has 0 bridgehead atoms. The van der Waals surface area contributed by atoms with Gasteiger partial charge in [0.2, 0.25) is 11.8 Å². The van der Waals surface area contributed by atoms with Gasteiger partial charge in [-0.2, -0.15) is 0 Å². The van der Waals surface area contributed by atoms with Gasteiger partial charge in [-0.1, -0.05) is 27.6 Å². The number of carbonyl (C=O) groups is 2. The Bertz CT molecular complexity index is 1260. The smallest absolute Gasteiger partial charge is 0.455 e. The summed E-state index contributed by atoms with van der Waals surface area (Å²) in [6.45, 7) is 2.01.